The summed E-state index contributed by atoms with van der Waals surface area (Å²) < 4.78 is 12.5. The molecule has 1 aliphatic rings. The number of fused-ring (bicyclic) bond motifs is 1. The van der Waals surface area contributed by atoms with Crippen LogP contribution in [0.1, 0.15) is 31.0 Å². The maximum absolute atomic E-state index is 13.6. The van der Waals surface area contributed by atoms with Crippen molar-refractivity contribution in [3.63, 3.8) is 0 Å². The highest BCUT2D eigenvalue weighted by atomic mass is 35.5. The third-order valence-electron chi connectivity index (χ3n) is 5.28. The van der Waals surface area contributed by atoms with Gasteiger partial charge in [-0.3, -0.25) is 14.2 Å². The number of carbonyl (C=O) groups excluding carboxylic acids is 2. The van der Waals surface area contributed by atoms with Crippen LogP contribution in [0.3, 0.4) is 0 Å². The van der Waals surface area contributed by atoms with E-state index in [2.05, 4.69) is 4.99 Å². The van der Waals surface area contributed by atoms with Crippen molar-refractivity contribution in [3.05, 3.63) is 95.6 Å². The predicted octanol–water partition coefficient (Wildman–Crippen LogP) is 2.32. The monoisotopic (exact) mass is 511 g/mol. The van der Waals surface area contributed by atoms with Gasteiger partial charge in [0.1, 0.15) is 11.8 Å². The van der Waals surface area contributed by atoms with Crippen LogP contribution in [0, 0.1) is 0 Å². The standard InChI is InChI=1S/C25H22ClN3O5S/c1-3-33-24(32)21-14(2)28-25-29(22(21)17-6-4-5-7-18(17)26)23(31)19(35-25)12-15-8-10-16(11-9-15)34-13-20(27)30/h4-12,22H,3,13H2,1-2H3,(H2,27,30)/b19-12+/t22-/m1/s1. The number of primary amides is 1. The Hall–Kier alpha value is -3.69. The number of nitrogens with two attached hydrogens (primary N) is 1. The molecule has 4 rings (SSSR count). The van der Waals surface area contributed by atoms with Gasteiger partial charge in [0, 0.05) is 5.02 Å². The van der Waals surface area contributed by atoms with E-state index in [1.165, 1.54) is 15.9 Å². The van der Waals surface area contributed by atoms with Crippen LogP contribution in [0.4, 0.5) is 0 Å². The zero-order valence-corrected chi connectivity index (χ0v) is 20.6. The van der Waals surface area contributed by atoms with E-state index in [0.717, 1.165) is 5.56 Å². The van der Waals surface area contributed by atoms with E-state index in [1.54, 1.807) is 68.5 Å². The van der Waals surface area contributed by atoms with E-state index >= 15 is 0 Å². The lowest BCUT2D eigenvalue weighted by molar-refractivity contribution is -0.139. The number of hydrogen-bond acceptors (Lipinski definition) is 7. The van der Waals surface area contributed by atoms with Crippen molar-refractivity contribution in [2.24, 2.45) is 10.7 Å². The zero-order valence-electron chi connectivity index (χ0n) is 19.0. The van der Waals surface area contributed by atoms with Crippen LogP contribution in [0.5, 0.6) is 5.75 Å². The number of allylic oxidation sites excluding steroid dienone is 1. The quantitative estimate of drug-likeness (QED) is 0.489. The Morgan fingerprint density at radius 2 is 1.91 bits per heavy atom. The summed E-state index contributed by atoms with van der Waals surface area (Å²) in [7, 11) is 0. The summed E-state index contributed by atoms with van der Waals surface area (Å²) in [5.41, 5.74) is 6.89. The molecule has 0 saturated heterocycles. The van der Waals surface area contributed by atoms with Gasteiger partial charge in [0.25, 0.3) is 11.5 Å². The second-order valence-corrected chi connectivity index (χ2v) is 9.06. The molecule has 35 heavy (non-hydrogen) atoms. The van der Waals surface area contributed by atoms with Crippen molar-refractivity contribution in [1.82, 2.24) is 4.57 Å². The van der Waals surface area contributed by atoms with E-state index in [0.29, 0.717) is 31.4 Å². The lowest BCUT2D eigenvalue weighted by Crippen LogP contribution is -2.40. The molecular formula is C25H22ClN3O5S. The van der Waals surface area contributed by atoms with Crippen LogP contribution < -0.4 is 25.4 Å². The number of carbonyl (C=O) groups is 2. The molecule has 3 aromatic rings. The van der Waals surface area contributed by atoms with Gasteiger partial charge in [-0.25, -0.2) is 9.79 Å². The smallest absolute Gasteiger partial charge is 0.338 e. The highest BCUT2D eigenvalue weighted by molar-refractivity contribution is 7.07. The van der Waals surface area contributed by atoms with Gasteiger partial charge in [-0.05, 0) is 49.2 Å². The summed E-state index contributed by atoms with van der Waals surface area (Å²) in [6, 6.07) is 13.2. The Balaban J connectivity index is 1.83. The van der Waals surface area contributed by atoms with Crippen LogP contribution in [0.2, 0.25) is 5.02 Å². The first-order chi connectivity index (χ1) is 16.8. The van der Waals surface area contributed by atoms with Gasteiger partial charge in [-0.2, -0.15) is 0 Å². The maximum atomic E-state index is 13.6. The molecule has 0 bridgehead atoms. The third kappa shape index (κ3) is 5.06. The van der Waals surface area contributed by atoms with Gasteiger partial charge in [0.05, 0.1) is 22.4 Å². The molecule has 0 saturated carbocycles. The average molecular weight is 512 g/mol. The predicted molar refractivity (Wildman–Crippen MR) is 133 cm³/mol. The summed E-state index contributed by atoms with van der Waals surface area (Å²) in [6.07, 6.45) is 1.73. The minimum absolute atomic E-state index is 0.189. The Bertz CT molecular complexity index is 1510. The number of rotatable bonds is 7. The highest BCUT2D eigenvalue weighted by Crippen LogP contribution is 2.34. The Kier molecular flexibility index (Phi) is 7.18. The number of amides is 1. The maximum Gasteiger partial charge on any atom is 0.338 e. The molecule has 0 fully saturated rings. The van der Waals surface area contributed by atoms with Crippen molar-refractivity contribution < 1.29 is 19.1 Å². The number of thiazole rings is 1. The molecule has 1 amide bonds. The normalized spacial score (nSPS) is 15.4. The fraction of sp³-hybridized carbons (Fsp3) is 0.200. The molecule has 1 aliphatic heterocycles. The number of halogens is 1. The first-order valence-corrected chi connectivity index (χ1v) is 11.9. The summed E-state index contributed by atoms with van der Waals surface area (Å²) in [5, 5.41) is 0.426. The number of nitrogens with zero attached hydrogens (tertiary/aromatic N) is 2. The van der Waals surface area contributed by atoms with E-state index in [1.807, 2.05) is 0 Å². The van der Waals surface area contributed by atoms with Gasteiger partial charge < -0.3 is 15.2 Å². The molecule has 2 heterocycles. The second-order valence-electron chi connectivity index (χ2n) is 7.65. The fourth-order valence-corrected chi connectivity index (χ4v) is 5.03. The van der Waals surface area contributed by atoms with Gasteiger partial charge in [0.15, 0.2) is 11.4 Å². The van der Waals surface area contributed by atoms with Crippen LogP contribution in [-0.4, -0.2) is 29.7 Å². The summed E-state index contributed by atoms with van der Waals surface area (Å²) in [6.45, 7) is 3.41. The van der Waals surface area contributed by atoms with Gasteiger partial charge in [-0.1, -0.05) is 53.3 Å². The number of ether oxygens (including phenoxy) is 2. The van der Waals surface area contributed by atoms with Crippen LogP contribution in [0.15, 0.2) is 69.6 Å². The highest BCUT2D eigenvalue weighted by Gasteiger charge is 2.34. The molecule has 1 atom stereocenters. The number of aromatic nitrogens is 1. The van der Waals surface area contributed by atoms with Crippen LogP contribution in [0.25, 0.3) is 6.08 Å². The molecule has 0 aliphatic carbocycles. The molecule has 0 unspecified atom stereocenters. The summed E-state index contributed by atoms with van der Waals surface area (Å²) >= 11 is 7.72. The Morgan fingerprint density at radius 3 is 2.57 bits per heavy atom. The minimum atomic E-state index is -0.772. The van der Waals surface area contributed by atoms with E-state index in [9.17, 15) is 14.4 Å². The molecule has 0 radical (unpaired) electrons. The second kappa shape index (κ2) is 10.3. The Labute approximate surface area is 209 Å². The molecule has 0 spiro atoms. The van der Waals surface area contributed by atoms with Crippen molar-refractivity contribution >= 4 is 40.9 Å². The molecule has 180 valence electrons. The third-order valence-corrected chi connectivity index (χ3v) is 6.60. The number of esters is 1. The van der Waals surface area contributed by atoms with Gasteiger partial charge >= 0.3 is 5.97 Å². The van der Waals surface area contributed by atoms with Gasteiger partial charge in [-0.15, -0.1) is 0 Å². The molecule has 8 nitrogen and oxygen atoms in total. The van der Waals surface area contributed by atoms with Gasteiger partial charge in [0.2, 0.25) is 0 Å². The van der Waals surface area contributed by atoms with Crippen LogP contribution in [-0.2, 0) is 14.3 Å². The molecule has 2 aromatic carbocycles. The van der Waals surface area contributed by atoms with Crippen molar-refractivity contribution in [2.75, 3.05) is 13.2 Å². The summed E-state index contributed by atoms with van der Waals surface area (Å²) in [4.78, 5) is 42.4. The topological polar surface area (TPSA) is 113 Å². The summed E-state index contributed by atoms with van der Waals surface area (Å²) in [5.74, 6) is -0.629. The largest absolute Gasteiger partial charge is 0.484 e. The minimum Gasteiger partial charge on any atom is -0.484 e. The average Bonchev–Trinajstić information content (AvgIpc) is 3.12. The van der Waals surface area contributed by atoms with Crippen LogP contribution >= 0.6 is 22.9 Å². The fourth-order valence-electron chi connectivity index (χ4n) is 3.75. The lowest BCUT2D eigenvalue weighted by atomic mass is 9.96. The van der Waals surface area contributed by atoms with Crippen molar-refractivity contribution in [2.45, 2.75) is 19.9 Å². The molecule has 2 N–H and O–H groups in total. The van der Waals surface area contributed by atoms with Crippen molar-refractivity contribution in [1.29, 1.82) is 0 Å². The van der Waals surface area contributed by atoms with E-state index in [-0.39, 0.29) is 24.3 Å². The van der Waals surface area contributed by atoms with E-state index < -0.39 is 17.9 Å². The molecular weight excluding hydrogens is 490 g/mol. The number of benzene rings is 2. The molecule has 10 heteroatoms. The molecule has 1 aromatic heterocycles. The van der Waals surface area contributed by atoms with E-state index in [4.69, 9.17) is 26.8 Å². The Morgan fingerprint density at radius 1 is 1.20 bits per heavy atom. The zero-order chi connectivity index (χ0) is 25.1. The first-order valence-electron chi connectivity index (χ1n) is 10.8. The SMILES string of the molecule is CCOC(=O)C1=C(C)N=c2s/c(=C/c3ccc(OCC(N)=O)cc3)c(=O)n2[C@@H]1c1ccccc1Cl. The number of hydrogen-bond donors (Lipinski definition) is 1. The lowest BCUT2D eigenvalue weighted by Gasteiger charge is -2.25. The van der Waals surface area contributed by atoms with Crippen molar-refractivity contribution in [3.8, 4) is 5.75 Å². The first kappa shape index (κ1) is 24.4.